The third kappa shape index (κ3) is 2.10. The van der Waals surface area contributed by atoms with Gasteiger partial charge >= 0.3 is 0 Å². The van der Waals surface area contributed by atoms with E-state index in [1.165, 1.54) is 22.3 Å². The molecular formula is C19H14ClN. The fourth-order valence-corrected chi connectivity index (χ4v) is 3.25. The maximum atomic E-state index is 6.09. The van der Waals surface area contributed by atoms with Crippen LogP contribution in [-0.4, -0.2) is 0 Å². The zero-order valence-corrected chi connectivity index (χ0v) is 12.1. The molecule has 0 saturated heterocycles. The van der Waals surface area contributed by atoms with Crippen molar-refractivity contribution in [3.63, 3.8) is 0 Å². The van der Waals surface area contributed by atoms with Crippen LogP contribution < -0.4 is 5.32 Å². The Labute approximate surface area is 129 Å². The Morgan fingerprint density at radius 1 is 0.714 bits per heavy atom. The normalized spacial score (nSPS) is 12.8. The molecule has 0 spiro atoms. The summed E-state index contributed by atoms with van der Waals surface area (Å²) in [7, 11) is 0. The third-order valence-electron chi connectivity index (χ3n) is 3.97. The second-order valence-electron chi connectivity index (χ2n) is 5.26. The summed E-state index contributed by atoms with van der Waals surface area (Å²) in [6.45, 7) is 0. The molecule has 0 fully saturated rings. The number of benzene rings is 3. The van der Waals surface area contributed by atoms with Crippen molar-refractivity contribution in [2.75, 3.05) is 5.32 Å². The number of rotatable bonds is 2. The standard InChI is InChI=1S/C19H14ClN/c20-13-6-5-7-14(12-13)21-19-17-10-3-1-8-15(17)16-9-2-4-11-18(16)19/h1-12,19,21H. The lowest BCUT2D eigenvalue weighted by molar-refractivity contribution is 0.974. The van der Waals surface area contributed by atoms with E-state index >= 15 is 0 Å². The van der Waals surface area contributed by atoms with E-state index in [9.17, 15) is 0 Å². The number of fused-ring (bicyclic) bond motifs is 3. The lowest BCUT2D eigenvalue weighted by Crippen LogP contribution is -2.09. The minimum Gasteiger partial charge on any atom is -0.374 e. The summed E-state index contributed by atoms with van der Waals surface area (Å²) < 4.78 is 0. The number of halogens is 1. The summed E-state index contributed by atoms with van der Waals surface area (Å²) >= 11 is 6.09. The summed E-state index contributed by atoms with van der Waals surface area (Å²) in [5.41, 5.74) is 6.30. The monoisotopic (exact) mass is 291 g/mol. The Kier molecular flexibility index (Phi) is 2.94. The zero-order chi connectivity index (χ0) is 14.2. The topological polar surface area (TPSA) is 12.0 Å². The molecule has 3 aromatic carbocycles. The SMILES string of the molecule is Clc1cccc(NC2c3ccccc3-c3ccccc32)c1. The van der Waals surface area contributed by atoms with Gasteiger partial charge in [-0.25, -0.2) is 0 Å². The highest BCUT2D eigenvalue weighted by Crippen LogP contribution is 2.44. The first-order valence-electron chi connectivity index (χ1n) is 7.03. The van der Waals surface area contributed by atoms with Gasteiger partial charge in [0.05, 0.1) is 6.04 Å². The van der Waals surface area contributed by atoms with E-state index in [4.69, 9.17) is 11.6 Å². The van der Waals surface area contributed by atoms with E-state index in [-0.39, 0.29) is 6.04 Å². The molecule has 3 aromatic rings. The van der Waals surface area contributed by atoms with Gasteiger partial charge < -0.3 is 5.32 Å². The molecule has 4 rings (SSSR count). The molecule has 0 amide bonds. The van der Waals surface area contributed by atoms with Gasteiger partial charge in [0.2, 0.25) is 0 Å². The minimum absolute atomic E-state index is 0.177. The van der Waals surface area contributed by atoms with Crippen LogP contribution in [-0.2, 0) is 0 Å². The van der Waals surface area contributed by atoms with Crippen molar-refractivity contribution in [1.29, 1.82) is 0 Å². The third-order valence-corrected chi connectivity index (χ3v) is 4.20. The van der Waals surface area contributed by atoms with Gasteiger partial charge in [-0.3, -0.25) is 0 Å². The average Bonchev–Trinajstić information content (AvgIpc) is 2.83. The van der Waals surface area contributed by atoms with Gasteiger partial charge in [0.15, 0.2) is 0 Å². The van der Waals surface area contributed by atoms with Crippen molar-refractivity contribution in [1.82, 2.24) is 0 Å². The van der Waals surface area contributed by atoms with E-state index in [0.717, 1.165) is 10.7 Å². The largest absolute Gasteiger partial charge is 0.374 e. The zero-order valence-electron chi connectivity index (χ0n) is 11.4. The molecule has 0 saturated carbocycles. The molecule has 1 N–H and O–H groups in total. The maximum absolute atomic E-state index is 6.09. The molecule has 1 nitrogen and oxygen atoms in total. The number of anilines is 1. The van der Waals surface area contributed by atoms with Crippen LogP contribution in [0.2, 0.25) is 5.02 Å². The smallest absolute Gasteiger partial charge is 0.0779 e. The lowest BCUT2D eigenvalue weighted by Gasteiger charge is -2.17. The van der Waals surface area contributed by atoms with E-state index in [2.05, 4.69) is 59.9 Å². The molecule has 0 aliphatic heterocycles. The highest BCUT2D eigenvalue weighted by atomic mass is 35.5. The van der Waals surface area contributed by atoms with Gasteiger partial charge in [-0.05, 0) is 40.5 Å². The Morgan fingerprint density at radius 3 is 1.95 bits per heavy atom. The van der Waals surface area contributed by atoms with Gasteiger partial charge in [0.1, 0.15) is 0 Å². The molecule has 2 heteroatoms. The Bertz CT molecular complexity index is 764. The summed E-state index contributed by atoms with van der Waals surface area (Å²) in [6, 6.07) is 25.2. The molecule has 0 aromatic heterocycles. The van der Waals surface area contributed by atoms with Crippen LogP contribution in [0.25, 0.3) is 11.1 Å². The summed E-state index contributed by atoms with van der Waals surface area (Å²) in [5.74, 6) is 0. The molecular weight excluding hydrogens is 278 g/mol. The van der Waals surface area contributed by atoms with Crippen LogP contribution in [0.1, 0.15) is 17.2 Å². The van der Waals surface area contributed by atoms with Gasteiger partial charge in [-0.15, -0.1) is 0 Å². The molecule has 0 heterocycles. The predicted molar refractivity (Wildman–Crippen MR) is 88.8 cm³/mol. The van der Waals surface area contributed by atoms with E-state index in [1.807, 2.05) is 18.2 Å². The minimum atomic E-state index is 0.177. The van der Waals surface area contributed by atoms with Crippen LogP contribution in [0.15, 0.2) is 72.8 Å². The molecule has 0 radical (unpaired) electrons. The van der Waals surface area contributed by atoms with Crippen molar-refractivity contribution in [2.24, 2.45) is 0 Å². The van der Waals surface area contributed by atoms with E-state index < -0.39 is 0 Å². The fraction of sp³-hybridized carbons (Fsp3) is 0.0526. The molecule has 0 unspecified atom stereocenters. The van der Waals surface area contributed by atoms with Crippen LogP contribution in [0.4, 0.5) is 5.69 Å². The second-order valence-corrected chi connectivity index (χ2v) is 5.70. The Balaban J connectivity index is 1.82. The molecule has 0 bridgehead atoms. The predicted octanol–water partition coefficient (Wildman–Crippen LogP) is 5.52. The summed E-state index contributed by atoms with van der Waals surface area (Å²) in [4.78, 5) is 0. The Hall–Kier alpha value is -2.25. The summed E-state index contributed by atoms with van der Waals surface area (Å²) in [5, 5.41) is 4.36. The number of hydrogen-bond acceptors (Lipinski definition) is 1. The molecule has 102 valence electrons. The van der Waals surface area contributed by atoms with Gasteiger partial charge in [0.25, 0.3) is 0 Å². The number of hydrogen-bond donors (Lipinski definition) is 1. The Morgan fingerprint density at radius 2 is 1.33 bits per heavy atom. The maximum Gasteiger partial charge on any atom is 0.0779 e. The van der Waals surface area contributed by atoms with Crippen molar-refractivity contribution >= 4 is 17.3 Å². The first-order chi connectivity index (χ1) is 10.3. The first-order valence-corrected chi connectivity index (χ1v) is 7.41. The second kappa shape index (κ2) is 4.94. The quantitative estimate of drug-likeness (QED) is 0.655. The van der Waals surface area contributed by atoms with E-state index in [0.29, 0.717) is 0 Å². The highest BCUT2D eigenvalue weighted by molar-refractivity contribution is 6.30. The lowest BCUT2D eigenvalue weighted by atomic mass is 10.1. The molecule has 1 aliphatic carbocycles. The van der Waals surface area contributed by atoms with Crippen LogP contribution >= 0.6 is 11.6 Å². The van der Waals surface area contributed by atoms with E-state index in [1.54, 1.807) is 0 Å². The molecule has 1 aliphatic rings. The van der Waals surface area contributed by atoms with Gasteiger partial charge in [-0.1, -0.05) is 66.2 Å². The average molecular weight is 292 g/mol. The summed E-state index contributed by atoms with van der Waals surface area (Å²) in [6.07, 6.45) is 0. The van der Waals surface area contributed by atoms with Crippen molar-refractivity contribution in [3.8, 4) is 11.1 Å². The fourth-order valence-electron chi connectivity index (χ4n) is 3.06. The first kappa shape index (κ1) is 12.5. The van der Waals surface area contributed by atoms with Crippen molar-refractivity contribution in [2.45, 2.75) is 6.04 Å². The van der Waals surface area contributed by atoms with Gasteiger partial charge in [0, 0.05) is 10.7 Å². The van der Waals surface area contributed by atoms with Crippen molar-refractivity contribution < 1.29 is 0 Å². The van der Waals surface area contributed by atoms with Gasteiger partial charge in [-0.2, -0.15) is 0 Å². The van der Waals surface area contributed by atoms with Crippen LogP contribution in [0, 0.1) is 0 Å². The van der Waals surface area contributed by atoms with Crippen LogP contribution in [0.3, 0.4) is 0 Å². The van der Waals surface area contributed by atoms with Crippen molar-refractivity contribution in [3.05, 3.63) is 88.9 Å². The molecule has 0 atom stereocenters. The molecule has 21 heavy (non-hydrogen) atoms. The van der Waals surface area contributed by atoms with Crippen LogP contribution in [0.5, 0.6) is 0 Å². The number of nitrogens with one attached hydrogen (secondary N) is 1. The highest BCUT2D eigenvalue weighted by Gasteiger charge is 2.27.